The molecule has 124 valence electrons. The van der Waals surface area contributed by atoms with Gasteiger partial charge in [0.05, 0.1) is 5.69 Å². The summed E-state index contributed by atoms with van der Waals surface area (Å²) in [5, 5.41) is 9.60. The van der Waals surface area contributed by atoms with Crippen LogP contribution in [0, 0.1) is 11.6 Å². The number of imide groups is 1. The van der Waals surface area contributed by atoms with E-state index >= 15 is 0 Å². The number of benzene rings is 1. The lowest BCUT2D eigenvalue weighted by Crippen LogP contribution is -2.32. The highest BCUT2D eigenvalue weighted by Crippen LogP contribution is 2.32. The van der Waals surface area contributed by atoms with Gasteiger partial charge in [0.1, 0.15) is 11.6 Å². The lowest BCUT2D eigenvalue weighted by atomic mass is 10.2. The summed E-state index contributed by atoms with van der Waals surface area (Å²) >= 11 is 16.3. The summed E-state index contributed by atoms with van der Waals surface area (Å²) in [5.74, 6) is -3.61. The van der Waals surface area contributed by atoms with Gasteiger partial charge in [0.25, 0.3) is 0 Å². The van der Waals surface area contributed by atoms with Crippen LogP contribution >= 0.6 is 34.8 Å². The van der Waals surface area contributed by atoms with E-state index in [1.54, 1.807) is 0 Å². The number of urea groups is 1. The predicted octanol–water partition coefficient (Wildman–Crippen LogP) is 2.45. The molecule has 1 unspecified atom stereocenters. The summed E-state index contributed by atoms with van der Waals surface area (Å²) in [5.41, 5.74) is -0.471. The first-order valence-corrected chi connectivity index (χ1v) is 7.07. The third kappa shape index (κ3) is 3.40. The number of hydrogen-bond donors (Lipinski definition) is 1. The summed E-state index contributed by atoms with van der Waals surface area (Å²) in [6, 6.07) is 1.35. The number of aliphatic hydroxyl groups is 1. The molecule has 1 atom stereocenters. The molecule has 1 saturated heterocycles. The number of hydrogen-bond acceptors (Lipinski definition) is 4. The normalized spacial score (nSPS) is 19.0. The van der Waals surface area contributed by atoms with Gasteiger partial charge in [-0.15, -0.1) is 0 Å². The summed E-state index contributed by atoms with van der Waals surface area (Å²) in [4.78, 5) is 29.0. The monoisotopic (exact) mass is 385 g/mol. The van der Waals surface area contributed by atoms with Gasteiger partial charge in [-0.3, -0.25) is 9.69 Å². The van der Waals surface area contributed by atoms with Crippen molar-refractivity contribution in [2.45, 2.75) is 10.0 Å². The minimum Gasteiger partial charge on any atom is -0.368 e. The Morgan fingerprint density at radius 1 is 1.26 bits per heavy atom. The molecule has 1 aliphatic heterocycles. The first-order valence-electron chi connectivity index (χ1n) is 5.94. The number of anilines is 1. The van der Waals surface area contributed by atoms with Gasteiger partial charge in [0, 0.05) is 13.1 Å². The zero-order chi connectivity index (χ0) is 17.5. The molecule has 0 aromatic heterocycles. The topological polar surface area (TPSA) is 73.2 Å². The van der Waals surface area contributed by atoms with E-state index in [2.05, 4.69) is 4.99 Å². The van der Waals surface area contributed by atoms with E-state index < -0.39 is 45.1 Å². The number of nitrogens with zero attached hydrogens (tertiary/aromatic N) is 3. The molecule has 1 fully saturated rings. The van der Waals surface area contributed by atoms with Crippen LogP contribution in [-0.4, -0.2) is 44.8 Å². The molecule has 2 rings (SSSR count). The molecule has 3 amide bonds. The van der Waals surface area contributed by atoms with Crippen molar-refractivity contribution in [1.29, 1.82) is 0 Å². The van der Waals surface area contributed by atoms with Crippen molar-refractivity contribution < 1.29 is 23.5 Å². The maximum atomic E-state index is 13.8. The number of aliphatic imine (C=N–C) groups is 1. The molecule has 0 aliphatic carbocycles. The minimum absolute atomic E-state index is 0.429. The average molecular weight is 387 g/mol. The third-order valence-electron chi connectivity index (χ3n) is 2.88. The Balaban J connectivity index is 2.44. The van der Waals surface area contributed by atoms with E-state index in [9.17, 15) is 23.5 Å². The Morgan fingerprint density at radius 3 is 2.39 bits per heavy atom. The molecule has 1 aliphatic rings. The minimum atomic E-state index is -2.23. The molecule has 0 radical (unpaired) electrons. The Kier molecular flexibility index (Phi) is 4.81. The highest BCUT2D eigenvalue weighted by atomic mass is 35.6. The van der Waals surface area contributed by atoms with Crippen molar-refractivity contribution in [2.75, 3.05) is 11.9 Å². The van der Waals surface area contributed by atoms with Gasteiger partial charge < -0.3 is 5.11 Å². The Hall–Kier alpha value is -1.48. The molecule has 1 N–H and O–H groups in total. The number of amides is 3. The van der Waals surface area contributed by atoms with E-state index in [0.29, 0.717) is 11.0 Å². The molecule has 11 heteroatoms. The summed E-state index contributed by atoms with van der Waals surface area (Å²) in [7, 11) is 1.16. The molecular formula is C12H8Cl3F2N3O3. The van der Waals surface area contributed by atoms with Crippen molar-refractivity contribution in [3.63, 3.8) is 0 Å². The van der Waals surface area contributed by atoms with E-state index in [-0.39, 0.29) is 0 Å². The molecule has 1 aromatic rings. The van der Waals surface area contributed by atoms with Crippen LogP contribution in [0.3, 0.4) is 0 Å². The fourth-order valence-electron chi connectivity index (χ4n) is 1.78. The largest absolute Gasteiger partial charge is 0.368 e. The van der Waals surface area contributed by atoms with Crippen molar-refractivity contribution in [3.05, 3.63) is 29.8 Å². The molecule has 1 aromatic carbocycles. The van der Waals surface area contributed by atoms with Gasteiger partial charge in [-0.05, 0) is 12.1 Å². The standard InChI is InChI=1S/C12H8Cl3F2N3O3/c1-19-8(18-10(22)12(13,14)15)9(21)20(11(19)23)7-3-2-5(16)4-6(7)17/h2-4,10,22H,1H3/b18-8-. The SMILES string of the molecule is CN1C(=O)N(c2ccc(F)cc2F)C(=O)/C1=N/C(O)C(Cl)(Cl)Cl. The zero-order valence-electron chi connectivity index (χ0n) is 11.3. The molecule has 1 heterocycles. The summed E-state index contributed by atoms with van der Waals surface area (Å²) < 4.78 is 24.5. The predicted molar refractivity (Wildman–Crippen MR) is 80.7 cm³/mol. The fraction of sp³-hybridized carbons (Fsp3) is 0.250. The fourth-order valence-corrected chi connectivity index (χ4v) is 1.92. The van der Waals surface area contributed by atoms with Crippen molar-refractivity contribution in [1.82, 2.24) is 4.90 Å². The molecule has 0 spiro atoms. The van der Waals surface area contributed by atoms with Crippen LogP contribution in [-0.2, 0) is 4.79 Å². The first kappa shape index (κ1) is 17.9. The van der Waals surface area contributed by atoms with E-state index in [4.69, 9.17) is 34.8 Å². The molecular weight excluding hydrogens is 379 g/mol. The van der Waals surface area contributed by atoms with Crippen LogP contribution in [0.15, 0.2) is 23.2 Å². The first-order chi connectivity index (χ1) is 10.5. The van der Waals surface area contributed by atoms with Crippen LogP contribution in [0.1, 0.15) is 0 Å². The maximum absolute atomic E-state index is 13.8. The Morgan fingerprint density at radius 2 is 1.87 bits per heavy atom. The van der Waals surface area contributed by atoms with Gasteiger partial charge in [0.2, 0.25) is 9.63 Å². The van der Waals surface area contributed by atoms with Gasteiger partial charge in [0.15, 0.2) is 6.23 Å². The second kappa shape index (κ2) is 6.20. The van der Waals surface area contributed by atoms with Gasteiger partial charge in [-0.25, -0.2) is 23.5 Å². The van der Waals surface area contributed by atoms with E-state index in [0.717, 1.165) is 24.1 Å². The van der Waals surface area contributed by atoms with Gasteiger partial charge in [-0.2, -0.15) is 0 Å². The number of carbonyl (C=O) groups is 2. The van der Waals surface area contributed by atoms with Gasteiger partial charge in [-0.1, -0.05) is 34.8 Å². The third-order valence-corrected chi connectivity index (χ3v) is 3.46. The van der Waals surface area contributed by atoms with E-state index in [1.165, 1.54) is 0 Å². The van der Waals surface area contributed by atoms with Crippen LogP contribution in [0.4, 0.5) is 19.3 Å². The Labute approximate surface area is 143 Å². The molecule has 0 saturated carbocycles. The molecule has 6 nitrogen and oxygen atoms in total. The second-order valence-corrected chi connectivity index (χ2v) is 6.81. The average Bonchev–Trinajstić information content (AvgIpc) is 2.63. The lowest BCUT2D eigenvalue weighted by molar-refractivity contribution is -0.111. The number of amidine groups is 1. The number of aliphatic hydroxyl groups excluding tert-OH is 1. The number of halogens is 5. The van der Waals surface area contributed by atoms with E-state index in [1.807, 2.05) is 0 Å². The quantitative estimate of drug-likeness (QED) is 0.627. The summed E-state index contributed by atoms with van der Waals surface area (Å²) in [6.07, 6.45) is -1.93. The highest BCUT2D eigenvalue weighted by Gasteiger charge is 2.44. The van der Waals surface area contributed by atoms with Crippen LogP contribution in [0.25, 0.3) is 0 Å². The smallest absolute Gasteiger partial charge is 0.337 e. The number of alkyl halides is 3. The van der Waals surface area contributed by atoms with Crippen LogP contribution in [0.2, 0.25) is 0 Å². The second-order valence-electron chi connectivity index (χ2n) is 4.45. The van der Waals surface area contributed by atoms with Crippen LogP contribution < -0.4 is 4.90 Å². The molecule has 23 heavy (non-hydrogen) atoms. The summed E-state index contributed by atoms with van der Waals surface area (Å²) in [6.45, 7) is 0. The number of carbonyl (C=O) groups excluding carboxylic acids is 2. The van der Waals surface area contributed by atoms with Gasteiger partial charge >= 0.3 is 11.9 Å². The number of likely N-dealkylation sites (N-methyl/N-ethyl adjacent to an activating group) is 1. The molecule has 0 bridgehead atoms. The number of rotatable bonds is 2. The highest BCUT2D eigenvalue weighted by molar-refractivity contribution is 6.68. The van der Waals surface area contributed by atoms with Crippen molar-refractivity contribution in [2.24, 2.45) is 4.99 Å². The zero-order valence-corrected chi connectivity index (χ0v) is 13.6. The van der Waals surface area contributed by atoms with Crippen molar-refractivity contribution in [3.8, 4) is 0 Å². The Bertz CT molecular complexity index is 709. The maximum Gasteiger partial charge on any atom is 0.337 e. The van der Waals surface area contributed by atoms with Crippen LogP contribution in [0.5, 0.6) is 0 Å². The lowest BCUT2D eigenvalue weighted by Gasteiger charge is -2.16. The van der Waals surface area contributed by atoms with Crippen molar-refractivity contribution >= 4 is 58.3 Å².